The Morgan fingerprint density at radius 2 is 1.61 bits per heavy atom. The molecule has 0 unspecified atom stereocenters. The van der Waals surface area contributed by atoms with Gasteiger partial charge in [-0.05, 0) is 12.1 Å². The molecule has 4 rings (SSSR count). The van der Waals surface area contributed by atoms with Crippen molar-refractivity contribution in [3.8, 4) is 22.3 Å². The predicted octanol–water partition coefficient (Wildman–Crippen LogP) is 2.30. The average molecular weight is 418 g/mol. The second kappa shape index (κ2) is 8.57. The van der Waals surface area contributed by atoms with Gasteiger partial charge >= 0.3 is 11.9 Å². The number of ether oxygens (including phenoxy) is 1. The fourth-order valence-electron chi connectivity index (χ4n) is 3.10. The van der Waals surface area contributed by atoms with Crippen LogP contribution in [-0.2, 0) is 18.3 Å². The number of aryl methyl sites for hydroxylation is 1. The minimum Gasteiger partial charge on any atom is -0.476 e. The Hall–Kier alpha value is -4.34. The summed E-state index contributed by atoms with van der Waals surface area (Å²) < 4.78 is 8.33. The van der Waals surface area contributed by atoms with Gasteiger partial charge in [-0.15, -0.1) is 0 Å². The number of rotatable bonds is 7. The molecule has 0 spiro atoms. The lowest BCUT2D eigenvalue weighted by molar-refractivity contribution is 0.0479. The lowest BCUT2D eigenvalue weighted by atomic mass is 10.1. The van der Waals surface area contributed by atoms with Gasteiger partial charge in [-0.25, -0.2) is 9.59 Å². The third-order valence-electron chi connectivity index (χ3n) is 4.49. The first-order chi connectivity index (χ1) is 15.0. The molecule has 31 heavy (non-hydrogen) atoms. The van der Waals surface area contributed by atoms with E-state index in [0.29, 0.717) is 16.7 Å². The molecule has 0 aliphatic carbocycles. The van der Waals surface area contributed by atoms with Crippen LogP contribution in [0.15, 0.2) is 61.4 Å². The minimum atomic E-state index is -1.15. The van der Waals surface area contributed by atoms with E-state index >= 15 is 0 Å². The highest BCUT2D eigenvalue weighted by atomic mass is 16.5. The number of carbonyl (C=O) groups is 2. The van der Waals surface area contributed by atoms with E-state index in [1.54, 1.807) is 62.4 Å². The SMILES string of the molecule is Cn1cc(-c2cccnc2)c(C(=O)OCCn2cc(-c3cccnc3)c(C(=O)O)n2)n1. The lowest BCUT2D eigenvalue weighted by Crippen LogP contribution is -2.13. The topological polar surface area (TPSA) is 125 Å². The van der Waals surface area contributed by atoms with Gasteiger partial charge in [0.1, 0.15) is 6.61 Å². The summed E-state index contributed by atoms with van der Waals surface area (Å²) in [4.78, 5) is 32.2. The largest absolute Gasteiger partial charge is 0.476 e. The van der Waals surface area contributed by atoms with Gasteiger partial charge in [0.15, 0.2) is 11.4 Å². The maximum atomic E-state index is 12.6. The van der Waals surface area contributed by atoms with Crippen molar-refractivity contribution in [3.05, 3.63) is 72.8 Å². The van der Waals surface area contributed by atoms with Crippen molar-refractivity contribution in [1.29, 1.82) is 0 Å². The van der Waals surface area contributed by atoms with Gasteiger partial charge in [0, 0.05) is 66.5 Å². The van der Waals surface area contributed by atoms with Crippen molar-refractivity contribution in [2.24, 2.45) is 7.05 Å². The highest BCUT2D eigenvalue weighted by Crippen LogP contribution is 2.23. The lowest BCUT2D eigenvalue weighted by Gasteiger charge is -2.05. The van der Waals surface area contributed by atoms with Crippen LogP contribution < -0.4 is 0 Å². The molecule has 0 fully saturated rings. The first kappa shape index (κ1) is 20.0. The normalized spacial score (nSPS) is 10.7. The zero-order valence-corrected chi connectivity index (χ0v) is 16.5. The molecule has 0 bridgehead atoms. The summed E-state index contributed by atoms with van der Waals surface area (Å²) in [7, 11) is 1.72. The summed E-state index contributed by atoms with van der Waals surface area (Å²) in [6, 6.07) is 7.07. The maximum Gasteiger partial charge on any atom is 0.359 e. The summed E-state index contributed by atoms with van der Waals surface area (Å²) in [5.74, 6) is -1.73. The molecule has 0 saturated carbocycles. The van der Waals surface area contributed by atoms with E-state index in [2.05, 4.69) is 20.2 Å². The summed E-state index contributed by atoms with van der Waals surface area (Å²) in [5.41, 5.74) is 2.53. The van der Waals surface area contributed by atoms with Gasteiger partial charge in [0.2, 0.25) is 0 Å². The van der Waals surface area contributed by atoms with Crippen LogP contribution in [0.25, 0.3) is 22.3 Å². The summed E-state index contributed by atoms with van der Waals surface area (Å²) in [6.45, 7) is 0.177. The van der Waals surface area contributed by atoms with E-state index in [0.717, 1.165) is 5.56 Å². The zero-order chi connectivity index (χ0) is 21.8. The quantitative estimate of drug-likeness (QED) is 0.453. The fraction of sp³-hybridized carbons (Fsp3) is 0.143. The van der Waals surface area contributed by atoms with Crippen molar-refractivity contribution < 1.29 is 19.4 Å². The van der Waals surface area contributed by atoms with Crippen LogP contribution in [0.3, 0.4) is 0 Å². The van der Waals surface area contributed by atoms with Crippen LogP contribution >= 0.6 is 0 Å². The number of carboxylic acid groups (broad SMARTS) is 1. The highest BCUT2D eigenvalue weighted by molar-refractivity contribution is 5.95. The van der Waals surface area contributed by atoms with Crippen molar-refractivity contribution in [1.82, 2.24) is 29.5 Å². The Balaban J connectivity index is 1.47. The molecule has 4 heterocycles. The van der Waals surface area contributed by atoms with Crippen LogP contribution in [0.5, 0.6) is 0 Å². The molecular formula is C21H18N6O4. The second-order valence-corrected chi connectivity index (χ2v) is 6.64. The van der Waals surface area contributed by atoms with E-state index in [-0.39, 0.29) is 24.5 Å². The number of pyridine rings is 2. The van der Waals surface area contributed by atoms with E-state index in [1.165, 1.54) is 9.36 Å². The van der Waals surface area contributed by atoms with Crippen LogP contribution in [0, 0.1) is 0 Å². The number of nitrogens with zero attached hydrogens (tertiary/aromatic N) is 6. The Bertz CT molecular complexity index is 1220. The van der Waals surface area contributed by atoms with Crippen molar-refractivity contribution >= 4 is 11.9 Å². The van der Waals surface area contributed by atoms with Crippen LogP contribution in [-0.4, -0.2) is 53.2 Å². The van der Waals surface area contributed by atoms with Gasteiger partial charge < -0.3 is 9.84 Å². The maximum absolute atomic E-state index is 12.6. The number of hydrogen-bond donors (Lipinski definition) is 1. The predicted molar refractivity (Wildman–Crippen MR) is 109 cm³/mol. The molecule has 0 radical (unpaired) electrons. The van der Waals surface area contributed by atoms with E-state index < -0.39 is 11.9 Å². The Morgan fingerprint density at radius 3 is 2.19 bits per heavy atom. The molecule has 0 amide bonds. The van der Waals surface area contributed by atoms with Gasteiger partial charge in [-0.2, -0.15) is 10.2 Å². The summed E-state index contributed by atoms with van der Waals surface area (Å²) in [5, 5.41) is 17.7. The standard InChI is InChI=1S/C21H18N6O4/c1-26-12-16(14-4-2-6-22-10-14)19(24-26)21(30)31-9-8-27-13-17(18(25-27)20(28)29)15-5-3-7-23-11-15/h2-7,10-13H,8-9H2,1H3,(H,28,29). The number of carboxylic acids is 1. The minimum absolute atomic E-state index is 0.00486. The number of carbonyl (C=O) groups excluding carboxylic acids is 1. The van der Waals surface area contributed by atoms with E-state index in [4.69, 9.17) is 4.74 Å². The van der Waals surface area contributed by atoms with Crippen LogP contribution in [0.4, 0.5) is 0 Å². The monoisotopic (exact) mass is 418 g/mol. The second-order valence-electron chi connectivity index (χ2n) is 6.64. The highest BCUT2D eigenvalue weighted by Gasteiger charge is 2.20. The molecule has 10 nitrogen and oxygen atoms in total. The van der Waals surface area contributed by atoms with Gasteiger partial charge in [-0.1, -0.05) is 12.1 Å². The van der Waals surface area contributed by atoms with Crippen LogP contribution in [0.2, 0.25) is 0 Å². The molecule has 0 aliphatic rings. The zero-order valence-electron chi connectivity index (χ0n) is 16.5. The molecule has 0 aromatic carbocycles. The number of esters is 1. The molecule has 4 aromatic heterocycles. The number of hydrogen-bond acceptors (Lipinski definition) is 7. The van der Waals surface area contributed by atoms with Crippen molar-refractivity contribution in [2.75, 3.05) is 6.61 Å². The molecule has 10 heteroatoms. The Morgan fingerprint density at radius 1 is 0.968 bits per heavy atom. The molecule has 0 saturated heterocycles. The van der Waals surface area contributed by atoms with Crippen LogP contribution in [0.1, 0.15) is 21.0 Å². The Labute approximate surface area is 176 Å². The fourth-order valence-corrected chi connectivity index (χ4v) is 3.10. The molecule has 1 N–H and O–H groups in total. The third kappa shape index (κ3) is 4.32. The third-order valence-corrected chi connectivity index (χ3v) is 4.49. The molecule has 0 aliphatic heterocycles. The first-order valence-electron chi connectivity index (χ1n) is 9.35. The van der Waals surface area contributed by atoms with Crippen molar-refractivity contribution in [2.45, 2.75) is 6.54 Å². The molecule has 156 valence electrons. The van der Waals surface area contributed by atoms with E-state index in [9.17, 15) is 14.7 Å². The molecular weight excluding hydrogens is 400 g/mol. The van der Waals surface area contributed by atoms with E-state index in [1.807, 2.05) is 6.07 Å². The summed E-state index contributed by atoms with van der Waals surface area (Å²) in [6.07, 6.45) is 9.77. The van der Waals surface area contributed by atoms with Gasteiger partial charge in [0.05, 0.1) is 6.54 Å². The van der Waals surface area contributed by atoms with Gasteiger partial charge in [0.25, 0.3) is 0 Å². The molecule has 0 atom stereocenters. The van der Waals surface area contributed by atoms with Crippen molar-refractivity contribution in [3.63, 3.8) is 0 Å². The average Bonchev–Trinajstić information content (AvgIpc) is 3.39. The number of aromatic nitrogens is 6. The van der Waals surface area contributed by atoms with Gasteiger partial charge in [-0.3, -0.25) is 19.3 Å². The smallest absolute Gasteiger partial charge is 0.359 e. The Kier molecular flexibility index (Phi) is 5.52. The molecule has 4 aromatic rings. The first-order valence-corrected chi connectivity index (χ1v) is 9.35. The summed E-state index contributed by atoms with van der Waals surface area (Å²) >= 11 is 0. The number of aromatic carboxylic acids is 1.